The average Bonchev–Trinajstić information content (AvgIpc) is 2.36. The lowest BCUT2D eigenvalue weighted by atomic mass is 10.2. The summed E-state index contributed by atoms with van der Waals surface area (Å²) in [5, 5.41) is 9.00. The van der Waals surface area contributed by atoms with Crippen LogP contribution in [0, 0.1) is 0 Å². The summed E-state index contributed by atoms with van der Waals surface area (Å²) in [5.74, 6) is -0.491. The fourth-order valence-electron chi connectivity index (χ4n) is 0.983. The summed E-state index contributed by atoms with van der Waals surface area (Å²) in [5.41, 5.74) is 0.158. The zero-order valence-electron chi connectivity index (χ0n) is 12.0. The van der Waals surface area contributed by atoms with Gasteiger partial charge in [0.1, 0.15) is 5.75 Å². The highest BCUT2D eigenvalue weighted by molar-refractivity contribution is 6.32. The van der Waals surface area contributed by atoms with Crippen molar-refractivity contribution in [1.82, 2.24) is 0 Å². The van der Waals surface area contributed by atoms with Crippen molar-refractivity contribution in [2.45, 2.75) is 47.6 Å². The van der Waals surface area contributed by atoms with Gasteiger partial charge in [-0.3, -0.25) is 0 Å². The van der Waals surface area contributed by atoms with E-state index in [1.54, 1.807) is 6.07 Å². The number of carboxylic acids is 1. The topological polar surface area (TPSA) is 46.5 Å². The molecule has 0 aliphatic carbocycles. The molecule has 3 nitrogen and oxygen atoms in total. The van der Waals surface area contributed by atoms with Crippen LogP contribution in [0.2, 0.25) is 5.02 Å². The van der Waals surface area contributed by atoms with Crippen LogP contribution in [0.3, 0.4) is 0 Å². The fraction of sp³-hybridized carbons (Fsp3) is 0.500. The zero-order chi connectivity index (χ0) is 14.7. The number of hydrogen-bond donors (Lipinski definition) is 1. The predicted octanol–water partition coefficient (Wildman–Crippen LogP) is 4.88. The van der Waals surface area contributed by atoms with Crippen LogP contribution >= 0.6 is 11.6 Å². The lowest BCUT2D eigenvalue weighted by Crippen LogP contribution is -2.06. The minimum Gasteiger partial charge on any atom is -0.489 e. The molecule has 0 radical (unpaired) electrons. The van der Waals surface area contributed by atoms with Crippen LogP contribution in [0.5, 0.6) is 5.75 Å². The minimum absolute atomic E-state index is 0.0168. The maximum absolute atomic E-state index is 10.6. The van der Waals surface area contributed by atoms with E-state index in [4.69, 9.17) is 21.4 Å². The standard InChI is InChI=1S/C10H11ClO3.2C2H6/c1-6(2)14-9-4-3-7(10(12)13)5-8(9)11;2*1-2/h3-6H,1-2H3,(H,12,13);2*1-2H3. The summed E-state index contributed by atoms with van der Waals surface area (Å²) in [6.45, 7) is 11.8. The average molecular weight is 275 g/mol. The number of aromatic carboxylic acids is 1. The normalized spacial score (nSPS) is 8.67. The molecule has 0 spiro atoms. The number of hydrogen-bond acceptors (Lipinski definition) is 2. The Bertz CT molecular complexity index is 349. The predicted molar refractivity (Wildman–Crippen MR) is 76.9 cm³/mol. The second-order valence-electron chi connectivity index (χ2n) is 3.12. The second-order valence-corrected chi connectivity index (χ2v) is 3.52. The molecule has 0 aromatic heterocycles. The van der Waals surface area contributed by atoms with Gasteiger partial charge in [-0.25, -0.2) is 4.79 Å². The van der Waals surface area contributed by atoms with E-state index >= 15 is 0 Å². The van der Waals surface area contributed by atoms with Crippen LogP contribution < -0.4 is 4.74 Å². The highest BCUT2D eigenvalue weighted by Crippen LogP contribution is 2.26. The lowest BCUT2D eigenvalue weighted by molar-refractivity contribution is 0.0697. The molecule has 18 heavy (non-hydrogen) atoms. The molecule has 0 saturated carbocycles. The van der Waals surface area contributed by atoms with Crippen molar-refractivity contribution in [1.29, 1.82) is 0 Å². The molecule has 0 aliphatic heterocycles. The SMILES string of the molecule is CC.CC.CC(C)Oc1ccc(C(=O)O)cc1Cl. The monoisotopic (exact) mass is 274 g/mol. The number of halogens is 1. The third-order valence-corrected chi connectivity index (χ3v) is 1.84. The summed E-state index contributed by atoms with van der Waals surface area (Å²) in [6, 6.07) is 4.40. The maximum atomic E-state index is 10.6. The molecule has 0 atom stereocenters. The van der Waals surface area contributed by atoms with E-state index in [0.29, 0.717) is 10.8 Å². The molecule has 1 N–H and O–H groups in total. The van der Waals surface area contributed by atoms with Crippen molar-refractivity contribution in [2.24, 2.45) is 0 Å². The number of ether oxygens (including phenoxy) is 1. The Morgan fingerprint density at radius 1 is 1.22 bits per heavy atom. The van der Waals surface area contributed by atoms with Crippen molar-refractivity contribution in [3.05, 3.63) is 28.8 Å². The number of carboxylic acid groups (broad SMARTS) is 1. The van der Waals surface area contributed by atoms with E-state index in [9.17, 15) is 4.79 Å². The molecule has 1 rings (SSSR count). The second kappa shape index (κ2) is 10.9. The molecule has 0 amide bonds. The van der Waals surface area contributed by atoms with E-state index < -0.39 is 5.97 Å². The summed E-state index contributed by atoms with van der Waals surface area (Å²) >= 11 is 5.83. The first-order chi connectivity index (χ1) is 8.50. The summed E-state index contributed by atoms with van der Waals surface area (Å²) < 4.78 is 5.35. The van der Waals surface area contributed by atoms with Gasteiger partial charge in [-0.2, -0.15) is 0 Å². The Morgan fingerprint density at radius 3 is 2.06 bits per heavy atom. The zero-order valence-corrected chi connectivity index (χ0v) is 12.7. The molecule has 104 valence electrons. The van der Waals surface area contributed by atoms with Crippen molar-refractivity contribution in [3.8, 4) is 5.75 Å². The molecule has 0 bridgehead atoms. The minimum atomic E-state index is -0.997. The largest absolute Gasteiger partial charge is 0.489 e. The Hall–Kier alpha value is -1.22. The first kappa shape index (κ1) is 19.1. The molecule has 0 heterocycles. The van der Waals surface area contributed by atoms with Gasteiger partial charge >= 0.3 is 5.97 Å². The lowest BCUT2D eigenvalue weighted by Gasteiger charge is -2.11. The van der Waals surface area contributed by atoms with Crippen LogP contribution in [0.1, 0.15) is 51.9 Å². The Morgan fingerprint density at radius 2 is 1.72 bits per heavy atom. The van der Waals surface area contributed by atoms with Crippen LogP contribution in [-0.4, -0.2) is 17.2 Å². The summed E-state index contributed by atoms with van der Waals surface area (Å²) in [4.78, 5) is 10.6. The third kappa shape index (κ3) is 7.17. The molecule has 4 heteroatoms. The van der Waals surface area contributed by atoms with Gasteiger partial charge in [0.15, 0.2) is 0 Å². The number of rotatable bonds is 3. The molecule has 1 aromatic rings. The molecule has 0 saturated heterocycles. The van der Waals surface area contributed by atoms with E-state index in [2.05, 4.69) is 0 Å². The highest BCUT2D eigenvalue weighted by atomic mass is 35.5. The van der Waals surface area contributed by atoms with Gasteiger partial charge in [0.2, 0.25) is 0 Å². The van der Waals surface area contributed by atoms with Gasteiger partial charge in [-0.05, 0) is 32.0 Å². The van der Waals surface area contributed by atoms with Gasteiger partial charge in [0.05, 0.1) is 16.7 Å². The van der Waals surface area contributed by atoms with Crippen LogP contribution in [0.25, 0.3) is 0 Å². The van der Waals surface area contributed by atoms with Crippen LogP contribution in [0.4, 0.5) is 0 Å². The summed E-state index contributed by atoms with van der Waals surface area (Å²) in [7, 11) is 0. The van der Waals surface area contributed by atoms with Crippen molar-refractivity contribution < 1.29 is 14.6 Å². The number of benzene rings is 1. The number of carbonyl (C=O) groups is 1. The molecular weight excluding hydrogens is 252 g/mol. The first-order valence-electron chi connectivity index (χ1n) is 6.20. The highest BCUT2D eigenvalue weighted by Gasteiger charge is 2.08. The van der Waals surface area contributed by atoms with Gasteiger partial charge < -0.3 is 9.84 Å². The Kier molecular flexibility index (Phi) is 11.6. The Balaban J connectivity index is 0. The molecule has 0 aliphatic rings. The van der Waals surface area contributed by atoms with Gasteiger partial charge in [-0.1, -0.05) is 39.3 Å². The van der Waals surface area contributed by atoms with E-state index in [0.717, 1.165) is 0 Å². The molecule has 1 aromatic carbocycles. The smallest absolute Gasteiger partial charge is 0.335 e. The van der Waals surface area contributed by atoms with Crippen molar-refractivity contribution in [3.63, 3.8) is 0 Å². The molecule has 0 unspecified atom stereocenters. The van der Waals surface area contributed by atoms with Crippen LogP contribution in [0.15, 0.2) is 18.2 Å². The van der Waals surface area contributed by atoms with Crippen LogP contribution in [-0.2, 0) is 0 Å². The van der Waals surface area contributed by atoms with E-state index in [-0.39, 0.29) is 11.7 Å². The van der Waals surface area contributed by atoms with Crippen molar-refractivity contribution >= 4 is 17.6 Å². The van der Waals surface area contributed by atoms with Gasteiger partial charge in [0.25, 0.3) is 0 Å². The Labute approximate surface area is 115 Å². The summed E-state index contributed by atoms with van der Waals surface area (Å²) in [6.07, 6.45) is 0.0168. The fourth-order valence-corrected chi connectivity index (χ4v) is 1.21. The van der Waals surface area contributed by atoms with Crippen molar-refractivity contribution in [2.75, 3.05) is 0 Å². The quantitative estimate of drug-likeness (QED) is 0.855. The first-order valence-corrected chi connectivity index (χ1v) is 6.58. The molecular formula is C14H23ClO3. The maximum Gasteiger partial charge on any atom is 0.335 e. The van der Waals surface area contributed by atoms with E-state index in [1.165, 1.54) is 12.1 Å². The molecule has 0 fully saturated rings. The van der Waals surface area contributed by atoms with Gasteiger partial charge in [-0.15, -0.1) is 0 Å². The third-order valence-electron chi connectivity index (χ3n) is 1.54. The van der Waals surface area contributed by atoms with E-state index in [1.807, 2.05) is 41.5 Å². The van der Waals surface area contributed by atoms with Gasteiger partial charge in [0, 0.05) is 0 Å².